The molecule has 0 spiro atoms. The van der Waals surface area contributed by atoms with Crippen molar-refractivity contribution in [2.75, 3.05) is 27.0 Å². The molecule has 2 aromatic carbocycles. The van der Waals surface area contributed by atoms with E-state index in [1.54, 1.807) is 19.2 Å². The van der Waals surface area contributed by atoms with Crippen LogP contribution in [-0.4, -0.2) is 65.9 Å². The number of nitrogens with zero attached hydrogens (tertiary/aromatic N) is 1. The quantitative estimate of drug-likeness (QED) is 0.262. The normalized spacial score (nSPS) is 15.5. The van der Waals surface area contributed by atoms with Gasteiger partial charge in [0.05, 0.1) is 12.8 Å². The molecular formula is C25H26FN3O8. The Bertz CT molecular complexity index is 1310. The lowest BCUT2D eigenvalue weighted by atomic mass is 10.0. The maximum Gasteiger partial charge on any atom is 0.414 e. The third kappa shape index (κ3) is 6.47. The van der Waals surface area contributed by atoms with Crippen molar-refractivity contribution in [3.63, 3.8) is 0 Å². The predicted molar refractivity (Wildman–Crippen MR) is 130 cm³/mol. The summed E-state index contributed by atoms with van der Waals surface area (Å²) in [5, 5.41) is 23.4. The van der Waals surface area contributed by atoms with Crippen molar-refractivity contribution in [1.82, 2.24) is 10.3 Å². The van der Waals surface area contributed by atoms with Crippen LogP contribution < -0.4 is 19.5 Å². The van der Waals surface area contributed by atoms with Crippen LogP contribution in [0, 0.1) is 5.82 Å². The lowest BCUT2D eigenvalue weighted by Gasteiger charge is -2.11. The van der Waals surface area contributed by atoms with Crippen LogP contribution in [0.15, 0.2) is 41.7 Å². The number of benzene rings is 2. The summed E-state index contributed by atoms with van der Waals surface area (Å²) in [6.45, 7) is 1.64. The lowest BCUT2D eigenvalue weighted by Crippen LogP contribution is -2.25. The number of methoxy groups -OCH3 is 1. The number of carboxylic acids is 2. The number of halogens is 1. The molecular weight excluding hydrogens is 489 g/mol. The van der Waals surface area contributed by atoms with E-state index in [9.17, 15) is 4.39 Å². The van der Waals surface area contributed by atoms with E-state index < -0.39 is 11.9 Å². The molecule has 1 unspecified atom stereocenters. The molecule has 37 heavy (non-hydrogen) atoms. The highest BCUT2D eigenvalue weighted by Crippen LogP contribution is 2.42. The molecule has 0 bridgehead atoms. The smallest absolute Gasteiger partial charge is 0.414 e. The van der Waals surface area contributed by atoms with Gasteiger partial charge in [0.1, 0.15) is 11.9 Å². The van der Waals surface area contributed by atoms with Gasteiger partial charge < -0.3 is 39.6 Å². The molecule has 2 aliphatic heterocycles. The first-order valence-electron chi connectivity index (χ1n) is 11.4. The fourth-order valence-corrected chi connectivity index (χ4v) is 4.08. The Labute approximate surface area is 210 Å². The maximum atomic E-state index is 13.5. The molecule has 0 amide bonds. The molecule has 11 nitrogen and oxygen atoms in total. The highest BCUT2D eigenvalue weighted by molar-refractivity contribution is 6.27. The molecule has 4 N–H and O–H groups in total. The minimum atomic E-state index is -1.82. The van der Waals surface area contributed by atoms with Gasteiger partial charge >= 0.3 is 11.9 Å². The van der Waals surface area contributed by atoms with Crippen molar-refractivity contribution in [3.8, 4) is 17.2 Å². The molecule has 0 fully saturated rings. The number of fused-ring (bicyclic) bond motifs is 2. The lowest BCUT2D eigenvalue weighted by molar-refractivity contribution is -0.159. The highest BCUT2D eigenvalue weighted by atomic mass is 19.1. The molecule has 0 saturated carbocycles. The summed E-state index contributed by atoms with van der Waals surface area (Å²) >= 11 is 0. The molecule has 1 atom stereocenters. The number of hydrogen-bond donors (Lipinski definition) is 4. The van der Waals surface area contributed by atoms with Crippen LogP contribution in [0.2, 0.25) is 0 Å². The van der Waals surface area contributed by atoms with E-state index in [1.807, 2.05) is 18.3 Å². The van der Waals surface area contributed by atoms with Gasteiger partial charge in [-0.15, -0.1) is 0 Å². The molecule has 0 aliphatic carbocycles. The molecule has 12 heteroatoms. The van der Waals surface area contributed by atoms with E-state index in [4.69, 9.17) is 38.9 Å². The van der Waals surface area contributed by atoms with E-state index in [-0.39, 0.29) is 18.7 Å². The Hall–Kier alpha value is -4.32. The average Bonchev–Trinajstić information content (AvgIpc) is 3.62. The van der Waals surface area contributed by atoms with Crippen molar-refractivity contribution in [2.24, 2.45) is 5.16 Å². The standard InChI is InChI=1S/C23H24FN3O4.C2H2O4/c1-28-21-7-14(8-22-23(21)30-13-29-22)6-18-10-17(27-31-18)12-25-5-4-15-11-26-20-3-2-16(24)9-19(15)20;3-1(4)2(5)6/h2-3,7-9,11,18,25-26H,4-6,10,12-13H2,1H3;(H,3,4)(H,5,6). The van der Waals surface area contributed by atoms with Crippen molar-refractivity contribution in [2.45, 2.75) is 25.4 Å². The van der Waals surface area contributed by atoms with Crippen LogP contribution in [0.3, 0.4) is 0 Å². The maximum absolute atomic E-state index is 13.5. The summed E-state index contributed by atoms with van der Waals surface area (Å²) in [5.41, 5.74) is 4.10. The number of aromatic nitrogens is 1. The predicted octanol–water partition coefficient (Wildman–Crippen LogP) is 2.72. The fourth-order valence-electron chi connectivity index (χ4n) is 4.08. The van der Waals surface area contributed by atoms with E-state index in [0.717, 1.165) is 47.1 Å². The zero-order valence-corrected chi connectivity index (χ0v) is 20.0. The first-order valence-corrected chi connectivity index (χ1v) is 11.4. The van der Waals surface area contributed by atoms with Crippen molar-refractivity contribution < 1.29 is 43.2 Å². The van der Waals surface area contributed by atoms with Gasteiger partial charge in [0.15, 0.2) is 11.5 Å². The molecule has 0 saturated heterocycles. The number of aliphatic carboxylic acids is 2. The third-order valence-electron chi connectivity index (χ3n) is 5.79. The van der Waals surface area contributed by atoms with E-state index in [2.05, 4.69) is 15.5 Å². The number of ether oxygens (including phenoxy) is 3. The number of rotatable bonds is 8. The molecule has 0 radical (unpaired) electrons. The average molecular weight is 515 g/mol. The van der Waals surface area contributed by atoms with Gasteiger partial charge in [0.25, 0.3) is 0 Å². The number of hydrogen-bond acceptors (Lipinski definition) is 8. The van der Waals surface area contributed by atoms with Gasteiger partial charge in [0.2, 0.25) is 12.5 Å². The summed E-state index contributed by atoms with van der Waals surface area (Å²) in [5.74, 6) is -1.84. The molecule has 1 aromatic heterocycles. The van der Waals surface area contributed by atoms with E-state index in [1.165, 1.54) is 6.07 Å². The number of carbonyl (C=O) groups is 2. The van der Waals surface area contributed by atoms with Crippen LogP contribution in [-0.2, 0) is 27.3 Å². The Kier molecular flexibility index (Phi) is 8.08. The molecule has 3 aromatic rings. The number of oxime groups is 1. The first kappa shape index (κ1) is 25.8. The summed E-state index contributed by atoms with van der Waals surface area (Å²) < 4.78 is 29.8. The number of H-pyrrole nitrogens is 1. The second-order valence-corrected chi connectivity index (χ2v) is 8.37. The summed E-state index contributed by atoms with van der Waals surface area (Å²) in [4.78, 5) is 27.0. The third-order valence-corrected chi connectivity index (χ3v) is 5.79. The van der Waals surface area contributed by atoms with Crippen molar-refractivity contribution in [3.05, 3.63) is 53.5 Å². The van der Waals surface area contributed by atoms with Crippen LogP contribution in [0.1, 0.15) is 17.5 Å². The minimum absolute atomic E-state index is 0.0153. The highest BCUT2D eigenvalue weighted by Gasteiger charge is 2.25. The summed E-state index contributed by atoms with van der Waals surface area (Å²) in [6, 6.07) is 8.73. The minimum Gasteiger partial charge on any atom is -0.493 e. The SMILES string of the molecule is COc1cc(CC2CC(CNCCc3c[nH]c4ccc(F)cc34)=NO2)cc2c1OCO2.O=C(O)C(=O)O. The van der Waals surface area contributed by atoms with Crippen LogP contribution >= 0.6 is 0 Å². The van der Waals surface area contributed by atoms with Gasteiger partial charge in [0, 0.05) is 36.5 Å². The zero-order valence-electron chi connectivity index (χ0n) is 20.0. The van der Waals surface area contributed by atoms with E-state index >= 15 is 0 Å². The fraction of sp³-hybridized carbons (Fsp3) is 0.320. The second kappa shape index (κ2) is 11.6. The Balaban J connectivity index is 0.000000480. The molecule has 2 aliphatic rings. The second-order valence-electron chi connectivity index (χ2n) is 8.37. The van der Waals surface area contributed by atoms with E-state index in [0.29, 0.717) is 30.2 Å². The monoisotopic (exact) mass is 515 g/mol. The molecule has 3 heterocycles. The zero-order chi connectivity index (χ0) is 26.4. The van der Waals surface area contributed by atoms with Crippen LogP contribution in [0.25, 0.3) is 10.9 Å². The van der Waals surface area contributed by atoms with Gasteiger partial charge in [-0.05, 0) is 54.4 Å². The van der Waals surface area contributed by atoms with Crippen LogP contribution in [0.5, 0.6) is 17.2 Å². The van der Waals surface area contributed by atoms with Gasteiger partial charge in [-0.1, -0.05) is 5.16 Å². The number of carboxylic acid groups (broad SMARTS) is 2. The van der Waals surface area contributed by atoms with Crippen molar-refractivity contribution >= 4 is 28.6 Å². The Morgan fingerprint density at radius 3 is 2.78 bits per heavy atom. The molecule has 196 valence electrons. The summed E-state index contributed by atoms with van der Waals surface area (Å²) in [6.07, 6.45) is 4.21. The van der Waals surface area contributed by atoms with Gasteiger partial charge in [-0.3, -0.25) is 0 Å². The van der Waals surface area contributed by atoms with Crippen LogP contribution in [0.4, 0.5) is 4.39 Å². The van der Waals surface area contributed by atoms with Crippen molar-refractivity contribution in [1.29, 1.82) is 0 Å². The number of aromatic amines is 1. The first-order chi connectivity index (χ1) is 17.8. The van der Waals surface area contributed by atoms with Gasteiger partial charge in [-0.25, -0.2) is 14.0 Å². The van der Waals surface area contributed by atoms with Gasteiger partial charge in [-0.2, -0.15) is 0 Å². The Morgan fingerprint density at radius 2 is 2.03 bits per heavy atom. The largest absolute Gasteiger partial charge is 0.493 e. The Morgan fingerprint density at radius 1 is 1.22 bits per heavy atom. The summed E-state index contributed by atoms with van der Waals surface area (Å²) in [7, 11) is 1.62. The molecule has 5 rings (SSSR count). The number of nitrogens with one attached hydrogen (secondary N) is 2. The topological polar surface area (TPSA) is 152 Å².